The first-order valence-corrected chi connectivity index (χ1v) is 6.49. The summed E-state index contributed by atoms with van der Waals surface area (Å²) in [5.74, 6) is 5.14. The molecule has 2 saturated heterocycles. The van der Waals surface area contributed by atoms with Gasteiger partial charge in [-0.1, -0.05) is 4.57 Å². The molecule has 2 rings (SSSR count). The van der Waals surface area contributed by atoms with Crippen LogP contribution in [0, 0.1) is 0 Å². The van der Waals surface area contributed by atoms with Crippen molar-refractivity contribution in [1.82, 2.24) is 9.91 Å². The Balaban J connectivity index is 2.23. The summed E-state index contributed by atoms with van der Waals surface area (Å²) in [6, 6.07) is -0.127. The average Bonchev–Trinajstić information content (AvgIpc) is 2.79. The van der Waals surface area contributed by atoms with Gasteiger partial charge in [0.05, 0.1) is 6.04 Å². The van der Waals surface area contributed by atoms with Crippen LogP contribution < -0.4 is 11.6 Å². The monoisotopic (exact) mass is 245 g/mol. The van der Waals surface area contributed by atoms with Gasteiger partial charge in [0.2, 0.25) is 0 Å². The molecule has 2 unspecified atom stereocenters. The van der Waals surface area contributed by atoms with E-state index >= 15 is 0 Å². The average molecular weight is 245 g/mol. The molecule has 0 saturated carbocycles. The van der Waals surface area contributed by atoms with Crippen molar-refractivity contribution in [3.05, 3.63) is 0 Å². The lowest BCUT2D eigenvalue weighted by molar-refractivity contribution is -0.139. The molecule has 1 amide bonds. The smallest absolute Gasteiger partial charge is 0.294 e. The minimum Gasteiger partial charge on any atom is -0.294 e. The maximum Gasteiger partial charge on any atom is 0.358 e. The van der Waals surface area contributed by atoms with E-state index in [0.717, 1.165) is 30.9 Å². The van der Waals surface area contributed by atoms with E-state index < -0.39 is 19.6 Å². The number of piperidine rings is 1. The Labute approximate surface area is 96.1 Å². The van der Waals surface area contributed by atoms with Gasteiger partial charge in [0.15, 0.2) is 0 Å². The third-order valence-electron chi connectivity index (χ3n) is 3.53. The summed E-state index contributed by atoms with van der Waals surface area (Å²) in [5, 5.41) is -0.213. The molecule has 3 atom stereocenters. The van der Waals surface area contributed by atoms with E-state index in [1.54, 1.807) is 0 Å². The van der Waals surface area contributed by atoms with Crippen LogP contribution in [-0.4, -0.2) is 46.8 Å². The highest BCUT2D eigenvalue weighted by Gasteiger charge is 2.57. The summed E-state index contributed by atoms with van der Waals surface area (Å²) in [4.78, 5) is 14.1. The van der Waals surface area contributed by atoms with E-state index in [1.807, 2.05) is 0 Å². The largest absolute Gasteiger partial charge is 0.358 e. The maximum atomic E-state index is 11.9. The fourth-order valence-electron chi connectivity index (χ4n) is 2.61. The van der Waals surface area contributed by atoms with Gasteiger partial charge in [0, 0.05) is 6.54 Å². The molecule has 2 aliphatic heterocycles. The van der Waals surface area contributed by atoms with Crippen LogP contribution in [0.4, 0.5) is 0 Å². The molecule has 2 aliphatic rings. The van der Waals surface area contributed by atoms with E-state index in [4.69, 9.17) is 11.6 Å². The molecule has 0 aromatic heterocycles. The van der Waals surface area contributed by atoms with E-state index in [0.29, 0.717) is 13.0 Å². The fourth-order valence-corrected chi connectivity index (χ4v) is 3.30. The van der Waals surface area contributed by atoms with Crippen LogP contribution in [0.1, 0.15) is 19.3 Å². The van der Waals surface area contributed by atoms with Crippen LogP contribution >= 0.6 is 8.46 Å². The van der Waals surface area contributed by atoms with Crippen molar-refractivity contribution >= 4 is 14.4 Å². The SMILES string of the molecule is NN1CCC(N2CCCC2)[C@](N)([PH+]=O)C1=O. The Morgan fingerprint density at radius 1 is 1.31 bits per heavy atom. The fraction of sp³-hybridized carbons (Fsp3) is 0.889. The molecule has 90 valence electrons. The number of nitrogens with zero attached hydrogens (tertiary/aromatic N) is 2. The lowest BCUT2D eigenvalue weighted by Crippen LogP contribution is -2.68. The second-order valence-electron chi connectivity index (χ2n) is 4.52. The molecule has 0 aromatic rings. The van der Waals surface area contributed by atoms with Crippen molar-refractivity contribution in [3.63, 3.8) is 0 Å². The first kappa shape index (κ1) is 11.9. The van der Waals surface area contributed by atoms with E-state index in [-0.39, 0.29) is 6.04 Å². The summed E-state index contributed by atoms with van der Waals surface area (Å²) in [5.41, 5.74) is 6.00. The number of likely N-dealkylation sites (tertiary alicyclic amines) is 1. The number of carbonyl (C=O) groups excluding carboxylic acids is 1. The lowest BCUT2D eigenvalue weighted by atomic mass is 9.98. The van der Waals surface area contributed by atoms with Gasteiger partial charge in [-0.3, -0.25) is 20.4 Å². The van der Waals surface area contributed by atoms with Gasteiger partial charge in [0.1, 0.15) is 0 Å². The van der Waals surface area contributed by atoms with Gasteiger partial charge in [0.25, 0.3) is 0 Å². The van der Waals surface area contributed by atoms with Crippen molar-refractivity contribution in [1.29, 1.82) is 0 Å². The van der Waals surface area contributed by atoms with Gasteiger partial charge in [-0.05, 0) is 32.4 Å². The van der Waals surface area contributed by atoms with Crippen LogP contribution in [0.3, 0.4) is 0 Å². The number of hydrazine groups is 1. The Kier molecular flexibility index (Phi) is 3.26. The quantitative estimate of drug-likeness (QED) is 0.379. The molecule has 16 heavy (non-hydrogen) atoms. The summed E-state index contributed by atoms with van der Waals surface area (Å²) < 4.78 is 11.3. The number of nitrogens with two attached hydrogens (primary N) is 2. The molecule has 2 fully saturated rings. The number of carbonyl (C=O) groups is 1. The van der Waals surface area contributed by atoms with Gasteiger partial charge in [-0.25, -0.2) is 5.84 Å². The highest BCUT2D eigenvalue weighted by Crippen LogP contribution is 2.34. The maximum absolute atomic E-state index is 11.9. The van der Waals surface area contributed by atoms with Crippen LogP contribution in [0.15, 0.2) is 0 Å². The van der Waals surface area contributed by atoms with Crippen molar-refractivity contribution in [3.8, 4) is 0 Å². The Morgan fingerprint density at radius 3 is 2.50 bits per heavy atom. The molecular formula is C9H18N4O2P+. The van der Waals surface area contributed by atoms with E-state index in [2.05, 4.69) is 4.90 Å². The molecular weight excluding hydrogens is 227 g/mol. The van der Waals surface area contributed by atoms with E-state index in [1.165, 1.54) is 0 Å². The number of hydrogen-bond donors (Lipinski definition) is 2. The summed E-state index contributed by atoms with van der Waals surface area (Å²) in [6.07, 6.45) is 2.94. The van der Waals surface area contributed by atoms with Crippen molar-refractivity contribution in [2.24, 2.45) is 11.6 Å². The van der Waals surface area contributed by atoms with Gasteiger partial charge in [-0.2, -0.15) is 0 Å². The highest BCUT2D eigenvalue weighted by molar-refractivity contribution is 7.27. The Bertz CT molecular complexity index is 308. The van der Waals surface area contributed by atoms with Crippen LogP contribution in [-0.2, 0) is 9.36 Å². The van der Waals surface area contributed by atoms with E-state index in [9.17, 15) is 9.36 Å². The minimum atomic E-state index is -1.31. The zero-order valence-corrected chi connectivity index (χ0v) is 10.2. The predicted molar refractivity (Wildman–Crippen MR) is 61.0 cm³/mol. The summed E-state index contributed by atoms with van der Waals surface area (Å²) in [7, 11) is -0.852. The molecule has 0 aromatic carbocycles. The normalized spacial score (nSPS) is 37.2. The van der Waals surface area contributed by atoms with Crippen LogP contribution in [0.2, 0.25) is 0 Å². The second kappa shape index (κ2) is 4.37. The van der Waals surface area contributed by atoms with Gasteiger partial charge in [-0.15, -0.1) is 0 Å². The third kappa shape index (κ3) is 1.76. The summed E-state index contributed by atoms with van der Waals surface area (Å²) in [6.45, 7) is 2.36. The topological polar surface area (TPSA) is 92.7 Å². The lowest BCUT2D eigenvalue weighted by Gasteiger charge is -2.39. The molecule has 2 heterocycles. The van der Waals surface area contributed by atoms with Crippen LogP contribution in [0.5, 0.6) is 0 Å². The summed E-state index contributed by atoms with van der Waals surface area (Å²) >= 11 is 0. The highest BCUT2D eigenvalue weighted by atomic mass is 31.1. The number of hydrogen-bond acceptors (Lipinski definition) is 5. The Hall–Kier alpha value is -0.550. The van der Waals surface area contributed by atoms with Gasteiger partial charge < -0.3 is 0 Å². The van der Waals surface area contributed by atoms with Crippen LogP contribution in [0.25, 0.3) is 0 Å². The van der Waals surface area contributed by atoms with Gasteiger partial charge >= 0.3 is 19.6 Å². The number of rotatable bonds is 2. The molecule has 4 N–H and O–H groups in total. The molecule has 6 nitrogen and oxygen atoms in total. The first-order valence-electron chi connectivity index (χ1n) is 5.58. The zero-order chi connectivity index (χ0) is 11.8. The minimum absolute atomic E-state index is 0.127. The molecule has 7 heteroatoms. The standard InChI is InChI=1S/C9H17N4O2P/c10-9(16-15)7(12-4-1-2-5-12)3-6-13(11)8(9)14/h7H,1-6,10-11H2/p+1/t7?,9-/m0/s1. The third-order valence-corrected chi connectivity index (χ3v) is 4.42. The number of amides is 1. The zero-order valence-electron chi connectivity index (χ0n) is 9.19. The first-order chi connectivity index (χ1) is 7.59. The molecule has 0 spiro atoms. The molecule has 0 aliphatic carbocycles. The van der Waals surface area contributed by atoms with Crippen molar-refractivity contribution in [2.75, 3.05) is 19.6 Å². The Morgan fingerprint density at radius 2 is 1.94 bits per heavy atom. The van der Waals surface area contributed by atoms with Crippen molar-refractivity contribution in [2.45, 2.75) is 30.6 Å². The predicted octanol–water partition coefficient (Wildman–Crippen LogP) is -0.764. The molecule has 0 bridgehead atoms. The second-order valence-corrected chi connectivity index (χ2v) is 5.55. The molecule has 0 radical (unpaired) electrons. The van der Waals surface area contributed by atoms with Crippen molar-refractivity contribution < 1.29 is 9.36 Å².